The number of ether oxygens (including phenoxy) is 1. The molecule has 1 heterocycles. The van der Waals surface area contributed by atoms with Gasteiger partial charge in [0.1, 0.15) is 6.26 Å². The average Bonchev–Trinajstić information content (AvgIpc) is 2.61. The molecule has 1 aromatic heterocycles. The summed E-state index contributed by atoms with van der Waals surface area (Å²) in [6, 6.07) is 0. The van der Waals surface area contributed by atoms with Gasteiger partial charge in [-0.05, 0) is 0 Å². The topological polar surface area (TPSA) is 84.6 Å². The molecule has 0 radical (unpaired) electrons. The molecule has 6 heteroatoms. The van der Waals surface area contributed by atoms with Crippen LogP contribution in [0.5, 0.6) is 0 Å². The molecule has 14 heavy (non-hydrogen) atoms. The van der Waals surface area contributed by atoms with E-state index in [1.165, 1.54) is 0 Å². The highest BCUT2D eigenvalue weighted by Gasteiger charge is 2.09. The minimum absolute atomic E-state index is 0.0754. The van der Waals surface area contributed by atoms with E-state index in [0.29, 0.717) is 25.6 Å². The number of nitrogens with one attached hydrogen (secondary N) is 1. The molecule has 0 fully saturated rings. The lowest BCUT2D eigenvalue weighted by molar-refractivity contribution is 0.0690. The van der Waals surface area contributed by atoms with E-state index in [1.807, 2.05) is 0 Å². The van der Waals surface area contributed by atoms with Gasteiger partial charge in [-0.1, -0.05) is 0 Å². The molecule has 6 nitrogen and oxygen atoms in total. The van der Waals surface area contributed by atoms with Crippen molar-refractivity contribution < 1.29 is 19.1 Å². The second kappa shape index (κ2) is 5.36. The average molecular weight is 200 g/mol. The first-order valence-electron chi connectivity index (χ1n) is 4.11. The summed E-state index contributed by atoms with van der Waals surface area (Å²) in [5.41, 5.74) is -0.0754. The van der Waals surface area contributed by atoms with Crippen molar-refractivity contribution in [2.24, 2.45) is 0 Å². The predicted molar refractivity (Wildman–Crippen MR) is 47.0 cm³/mol. The van der Waals surface area contributed by atoms with Crippen molar-refractivity contribution in [3.05, 3.63) is 17.8 Å². The molecule has 0 spiro atoms. The van der Waals surface area contributed by atoms with Crippen molar-refractivity contribution in [3.63, 3.8) is 0 Å². The highest BCUT2D eigenvalue weighted by Crippen LogP contribution is 2.00. The van der Waals surface area contributed by atoms with Crippen LogP contribution in [0, 0.1) is 0 Å². The van der Waals surface area contributed by atoms with E-state index in [4.69, 9.17) is 14.3 Å². The van der Waals surface area contributed by atoms with Crippen LogP contribution >= 0.6 is 0 Å². The fraction of sp³-hybridized carbons (Fsp3) is 0.500. The lowest BCUT2D eigenvalue weighted by atomic mass is 10.5. The maximum Gasteiger partial charge on any atom is 0.357 e. The van der Waals surface area contributed by atoms with Crippen molar-refractivity contribution in [2.45, 2.75) is 6.54 Å². The molecular weight excluding hydrogens is 188 g/mol. The smallest absolute Gasteiger partial charge is 0.357 e. The summed E-state index contributed by atoms with van der Waals surface area (Å²) in [5, 5.41) is 11.5. The maximum atomic E-state index is 10.4. The summed E-state index contributed by atoms with van der Waals surface area (Å²) in [5.74, 6) is -0.726. The number of carbonyl (C=O) groups is 1. The number of carboxylic acid groups (broad SMARTS) is 1. The van der Waals surface area contributed by atoms with Gasteiger partial charge in [0.2, 0.25) is 5.89 Å². The Hall–Kier alpha value is -1.40. The summed E-state index contributed by atoms with van der Waals surface area (Å²) in [6.45, 7) is 1.66. The number of hydrogen-bond acceptors (Lipinski definition) is 5. The predicted octanol–water partition coefficient (Wildman–Crippen LogP) is 0.109. The zero-order chi connectivity index (χ0) is 10.4. The van der Waals surface area contributed by atoms with Crippen LogP contribution < -0.4 is 5.32 Å². The first-order valence-corrected chi connectivity index (χ1v) is 4.11. The molecular formula is C8H12N2O4. The highest BCUT2D eigenvalue weighted by molar-refractivity contribution is 5.84. The van der Waals surface area contributed by atoms with Crippen LogP contribution in [0.4, 0.5) is 0 Å². The molecule has 0 aromatic carbocycles. The van der Waals surface area contributed by atoms with Gasteiger partial charge < -0.3 is 19.6 Å². The van der Waals surface area contributed by atoms with Gasteiger partial charge in [0, 0.05) is 13.7 Å². The van der Waals surface area contributed by atoms with E-state index in [1.54, 1.807) is 7.11 Å². The van der Waals surface area contributed by atoms with Crippen molar-refractivity contribution in [2.75, 3.05) is 20.3 Å². The van der Waals surface area contributed by atoms with Crippen LogP contribution in [0.25, 0.3) is 0 Å². The van der Waals surface area contributed by atoms with Gasteiger partial charge in [0.05, 0.1) is 13.2 Å². The number of aromatic carboxylic acids is 1. The standard InChI is InChI=1S/C8H12N2O4/c1-13-3-2-9-4-7-10-6(5-14-7)8(11)12/h5,9H,2-4H2,1H3,(H,11,12). The first kappa shape index (κ1) is 10.7. The SMILES string of the molecule is COCCNCc1nc(C(=O)O)co1. The van der Waals surface area contributed by atoms with E-state index in [9.17, 15) is 4.79 Å². The molecule has 0 aliphatic rings. The number of aromatic nitrogens is 1. The third-order valence-corrected chi connectivity index (χ3v) is 1.53. The highest BCUT2D eigenvalue weighted by atomic mass is 16.5. The third-order valence-electron chi connectivity index (χ3n) is 1.53. The van der Waals surface area contributed by atoms with Gasteiger partial charge in [-0.15, -0.1) is 0 Å². The first-order chi connectivity index (χ1) is 6.74. The van der Waals surface area contributed by atoms with E-state index >= 15 is 0 Å². The molecule has 1 aromatic rings. The quantitative estimate of drug-likeness (QED) is 0.634. The molecule has 0 unspecified atom stereocenters. The molecule has 0 amide bonds. The fourth-order valence-electron chi connectivity index (χ4n) is 0.860. The van der Waals surface area contributed by atoms with Crippen LogP contribution in [0.15, 0.2) is 10.7 Å². The number of nitrogens with zero attached hydrogens (tertiary/aromatic N) is 1. The lowest BCUT2D eigenvalue weighted by Gasteiger charge is -1.99. The molecule has 2 N–H and O–H groups in total. The normalized spacial score (nSPS) is 10.4. The van der Waals surface area contributed by atoms with Crippen LogP contribution in [0.3, 0.4) is 0 Å². The molecule has 0 atom stereocenters. The molecule has 0 aliphatic carbocycles. The van der Waals surface area contributed by atoms with Crippen LogP contribution in [-0.4, -0.2) is 36.3 Å². The van der Waals surface area contributed by atoms with Crippen LogP contribution in [0.1, 0.15) is 16.4 Å². The summed E-state index contributed by atoms with van der Waals surface area (Å²) in [6.07, 6.45) is 1.12. The second-order valence-corrected chi connectivity index (χ2v) is 2.60. The molecule has 1 rings (SSSR count). The third kappa shape index (κ3) is 3.15. The van der Waals surface area contributed by atoms with Crippen molar-refractivity contribution in [3.8, 4) is 0 Å². The minimum atomic E-state index is -1.09. The Balaban J connectivity index is 2.33. The van der Waals surface area contributed by atoms with Gasteiger partial charge in [0.15, 0.2) is 5.69 Å². The number of hydrogen-bond donors (Lipinski definition) is 2. The second-order valence-electron chi connectivity index (χ2n) is 2.60. The largest absolute Gasteiger partial charge is 0.476 e. The Labute approximate surface area is 80.9 Å². The van der Waals surface area contributed by atoms with Gasteiger partial charge in [0.25, 0.3) is 0 Å². The van der Waals surface area contributed by atoms with E-state index < -0.39 is 5.97 Å². The summed E-state index contributed by atoms with van der Waals surface area (Å²) < 4.78 is 9.73. The van der Waals surface area contributed by atoms with Gasteiger partial charge in [-0.25, -0.2) is 9.78 Å². The molecule has 0 bridgehead atoms. The summed E-state index contributed by atoms with van der Waals surface area (Å²) >= 11 is 0. The Kier molecular flexibility index (Phi) is 4.09. The minimum Gasteiger partial charge on any atom is -0.476 e. The zero-order valence-corrected chi connectivity index (χ0v) is 7.82. The van der Waals surface area contributed by atoms with E-state index in [-0.39, 0.29) is 5.69 Å². The lowest BCUT2D eigenvalue weighted by Crippen LogP contribution is -2.18. The van der Waals surface area contributed by atoms with E-state index in [2.05, 4.69) is 10.3 Å². The van der Waals surface area contributed by atoms with Crippen molar-refractivity contribution in [1.29, 1.82) is 0 Å². The molecule has 0 saturated heterocycles. The number of carboxylic acids is 1. The Morgan fingerprint density at radius 2 is 2.57 bits per heavy atom. The molecule has 0 saturated carbocycles. The number of oxazole rings is 1. The Morgan fingerprint density at radius 3 is 3.14 bits per heavy atom. The molecule has 78 valence electrons. The van der Waals surface area contributed by atoms with Crippen molar-refractivity contribution in [1.82, 2.24) is 10.3 Å². The Morgan fingerprint density at radius 1 is 1.79 bits per heavy atom. The van der Waals surface area contributed by atoms with Crippen LogP contribution in [0.2, 0.25) is 0 Å². The fourth-order valence-corrected chi connectivity index (χ4v) is 0.860. The monoisotopic (exact) mass is 200 g/mol. The maximum absolute atomic E-state index is 10.4. The zero-order valence-electron chi connectivity index (χ0n) is 7.82. The van der Waals surface area contributed by atoms with Gasteiger partial charge >= 0.3 is 5.97 Å². The Bertz CT molecular complexity index is 297. The summed E-state index contributed by atoms with van der Waals surface area (Å²) in [4.78, 5) is 14.2. The van der Waals surface area contributed by atoms with E-state index in [0.717, 1.165) is 6.26 Å². The summed E-state index contributed by atoms with van der Waals surface area (Å²) in [7, 11) is 1.61. The van der Waals surface area contributed by atoms with Crippen molar-refractivity contribution >= 4 is 5.97 Å². The van der Waals surface area contributed by atoms with Gasteiger partial charge in [-0.3, -0.25) is 0 Å². The number of rotatable bonds is 6. The molecule has 0 aliphatic heterocycles. The number of methoxy groups -OCH3 is 1. The van der Waals surface area contributed by atoms with Crippen LogP contribution in [-0.2, 0) is 11.3 Å². The van der Waals surface area contributed by atoms with Gasteiger partial charge in [-0.2, -0.15) is 0 Å².